The van der Waals surface area contributed by atoms with Crippen LogP contribution in [0.1, 0.15) is 16.7 Å². The SMILES string of the molecule is Cc1ccc(C2=C(N3CCN(C)CC3)C(=O)N(c3ccc(F)cc3F)C2=O)cc1C. The van der Waals surface area contributed by atoms with Crippen LogP contribution in [-0.2, 0) is 9.59 Å². The number of amides is 2. The summed E-state index contributed by atoms with van der Waals surface area (Å²) in [7, 11) is 2.00. The van der Waals surface area contributed by atoms with Gasteiger partial charge in [0, 0.05) is 32.2 Å². The first-order valence-corrected chi connectivity index (χ1v) is 9.87. The van der Waals surface area contributed by atoms with Crippen molar-refractivity contribution in [2.45, 2.75) is 13.8 Å². The number of piperazine rings is 1. The van der Waals surface area contributed by atoms with Crippen molar-refractivity contribution < 1.29 is 18.4 Å². The second-order valence-electron chi connectivity index (χ2n) is 7.85. The van der Waals surface area contributed by atoms with E-state index >= 15 is 0 Å². The highest BCUT2D eigenvalue weighted by atomic mass is 19.1. The molecule has 1 fully saturated rings. The molecule has 2 heterocycles. The Hall–Kier alpha value is -3.06. The summed E-state index contributed by atoms with van der Waals surface area (Å²) in [4.78, 5) is 31.7. The van der Waals surface area contributed by atoms with Gasteiger partial charge in [-0.3, -0.25) is 9.59 Å². The molecule has 0 radical (unpaired) electrons. The van der Waals surface area contributed by atoms with Gasteiger partial charge in [-0.1, -0.05) is 18.2 Å². The summed E-state index contributed by atoms with van der Waals surface area (Å²) < 4.78 is 27.9. The molecule has 2 aliphatic heterocycles. The third-order valence-electron chi connectivity index (χ3n) is 5.83. The van der Waals surface area contributed by atoms with Gasteiger partial charge < -0.3 is 9.80 Å². The van der Waals surface area contributed by atoms with Crippen LogP contribution in [0.4, 0.5) is 14.5 Å². The average molecular weight is 411 g/mol. The standard InChI is InChI=1S/C23H23F2N3O2/c1-14-4-5-16(12-15(14)2)20-21(27-10-8-26(3)9-11-27)23(30)28(22(20)29)19-7-6-17(24)13-18(19)25/h4-7,12-13H,8-11H2,1-3H3. The number of benzene rings is 2. The number of aryl methyl sites for hydroxylation is 2. The normalized spacial score (nSPS) is 18.0. The van der Waals surface area contributed by atoms with Crippen LogP contribution in [0.3, 0.4) is 0 Å². The summed E-state index contributed by atoms with van der Waals surface area (Å²) >= 11 is 0. The Labute approximate surface area is 174 Å². The third-order valence-corrected chi connectivity index (χ3v) is 5.83. The lowest BCUT2D eigenvalue weighted by Crippen LogP contribution is -2.46. The molecule has 2 aliphatic rings. The first kappa shape index (κ1) is 20.2. The largest absolute Gasteiger partial charge is 0.364 e. The van der Waals surface area contributed by atoms with Crippen molar-refractivity contribution in [1.82, 2.24) is 9.80 Å². The molecular formula is C23H23F2N3O2. The van der Waals surface area contributed by atoms with Crippen LogP contribution in [0, 0.1) is 25.5 Å². The van der Waals surface area contributed by atoms with Crippen molar-refractivity contribution in [2.75, 3.05) is 38.1 Å². The Balaban J connectivity index is 1.85. The minimum atomic E-state index is -0.948. The zero-order valence-corrected chi connectivity index (χ0v) is 17.2. The molecule has 0 N–H and O–H groups in total. The summed E-state index contributed by atoms with van der Waals surface area (Å²) in [5.74, 6) is -2.89. The van der Waals surface area contributed by atoms with E-state index in [4.69, 9.17) is 0 Å². The van der Waals surface area contributed by atoms with E-state index in [1.54, 1.807) is 0 Å². The molecule has 0 atom stereocenters. The highest BCUT2D eigenvalue weighted by Crippen LogP contribution is 2.36. The minimum absolute atomic E-state index is 0.239. The van der Waals surface area contributed by atoms with Gasteiger partial charge in [0.05, 0.1) is 11.3 Å². The Morgan fingerprint density at radius 2 is 1.53 bits per heavy atom. The van der Waals surface area contributed by atoms with Crippen LogP contribution in [0.5, 0.6) is 0 Å². The first-order chi connectivity index (χ1) is 14.3. The van der Waals surface area contributed by atoms with Crippen LogP contribution in [-0.4, -0.2) is 54.8 Å². The van der Waals surface area contributed by atoms with Crippen molar-refractivity contribution in [1.29, 1.82) is 0 Å². The molecule has 5 nitrogen and oxygen atoms in total. The van der Waals surface area contributed by atoms with Crippen molar-refractivity contribution in [3.8, 4) is 0 Å². The molecule has 0 aromatic heterocycles. The second kappa shape index (κ2) is 7.65. The van der Waals surface area contributed by atoms with Crippen LogP contribution in [0.15, 0.2) is 42.1 Å². The quantitative estimate of drug-likeness (QED) is 0.728. The van der Waals surface area contributed by atoms with E-state index in [1.165, 1.54) is 0 Å². The lowest BCUT2D eigenvalue weighted by atomic mass is 9.99. The van der Waals surface area contributed by atoms with Gasteiger partial charge in [-0.2, -0.15) is 0 Å². The Morgan fingerprint density at radius 3 is 2.17 bits per heavy atom. The number of likely N-dealkylation sites (N-methyl/N-ethyl adjacent to an activating group) is 1. The van der Waals surface area contributed by atoms with Gasteiger partial charge in [0.1, 0.15) is 17.3 Å². The fourth-order valence-electron chi connectivity index (χ4n) is 3.88. The maximum Gasteiger partial charge on any atom is 0.282 e. The lowest BCUT2D eigenvalue weighted by molar-refractivity contribution is -0.120. The molecule has 7 heteroatoms. The highest BCUT2D eigenvalue weighted by molar-refractivity contribution is 6.45. The molecule has 0 saturated carbocycles. The number of nitrogens with zero attached hydrogens (tertiary/aromatic N) is 3. The van der Waals surface area contributed by atoms with Gasteiger partial charge in [-0.15, -0.1) is 0 Å². The summed E-state index contributed by atoms with van der Waals surface area (Å²) in [6.07, 6.45) is 0. The highest BCUT2D eigenvalue weighted by Gasteiger charge is 2.43. The van der Waals surface area contributed by atoms with Crippen molar-refractivity contribution >= 4 is 23.1 Å². The molecule has 1 saturated heterocycles. The van der Waals surface area contributed by atoms with E-state index in [2.05, 4.69) is 4.90 Å². The number of imide groups is 1. The minimum Gasteiger partial charge on any atom is -0.364 e. The van der Waals surface area contributed by atoms with E-state index in [-0.39, 0.29) is 17.0 Å². The van der Waals surface area contributed by atoms with E-state index in [0.29, 0.717) is 24.7 Å². The Morgan fingerprint density at radius 1 is 0.833 bits per heavy atom. The summed E-state index contributed by atoms with van der Waals surface area (Å²) in [6, 6.07) is 8.44. The van der Waals surface area contributed by atoms with Crippen LogP contribution >= 0.6 is 0 Å². The summed E-state index contributed by atoms with van der Waals surface area (Å²) in [5, 5.41) is 0. The van der Waals surface area contributed by atoms with Gasteiger partial charge in [-0.05, 0) is 49.7 Å². The number of anilines is 1. The van der Waals surface area contributed by atoms with E-state index in [1.807, 2.05) is 44.0 Å². The topological polar surface area (TPSA) is 43.9 Å². The van der Waals surface area contributed by atoms with Gasteiger partial charge in [0.2, 0.25) is 0 Å². The number of rotatable bonds is 3. The predicted molar refractivity (Wildman–Crippen MR) is 111 cm³/mol. The Kier molecular flexibility index (Phi) is 5.15. The van der Waals surface area contributed by atoms with Crippen LogP contribution in [0.25, 0.3) is 5.57 Å². The zero-order chi connectivity index (χ0) is 21.6. The molecule has 2 aromatic carbocycles. The van der Waals surface area contributed by atoms with Crippen molar-refractivity contribution in [3.05, 3.63) is 70.4 Å². The van der Waals surface area contributed by atoms with Crippen molar-refractivity contribution in [3.63, 3.8) is 0 Å². The van der Waals surface area contributed by atoms with Crippen molar-refractivity contribution in [2.24, 2.45) is 0 Å². The van der Waals surface area contributed by atoms with E-state index < -0.39 is 23.4 Å². The fraction of sp³-hybridized carbons (Fsp3) is 0.304. The molecule has 156 valence electrons. The number of carbonyl (C=O) groups excluding carboxylic acids is 2. The predicted octanol–water partition coefficient (Wildman–Crippen LogP) is 3.11. The summed E-state index contributed by atoms with van der Waals surface area (Å²) in [5.41, 5.74) is 2.98. The molecule has 4 rings (SSSR count). The summed E-state index contributed by atoms with van der Waals surface area (Å²) in [6.45, 7) is 6.56. The number of halogens is 2. The monoisotopic (exact) mass is 411 g/mol. The van der Waals surface area contributed by atoms with E-state index in [0.717, 1.165) is 41.2 Å². The van der Waals surface area contributed by atoms with Gasteiger partial charge in [0.15, 0.2) is 0 Å². The smallest absolute Gasteiger partial charge is 0.282 e. The van der Waals surface area contributed by atoms with Crippen LogP contribution < -0.4 is 4.90 Å². The molecule has 2 amide bonds. The molecule has 0 aliphatic carbocycles. The van der Waals surface area contributed by atoms with E-state index in [9.17, 15) is 18.4 Å². The Bertz CT molecular complexity index is 1070. The molecule has 0 unspecified atom stereocenters. The third kappa shape index (κ3) is 3.39. The molecule has 2 aromatic rings. The number of hydrogen-bond acceptors (Lipinski definition) is 4. The first-order valence-electron chi connectivity index (χ1n) is 9.87. The maximum absolute atomic E-state index is 14.5. The second-order valence-corrected chi connectivity index (χ2v) is 7.85. The lowest BCUT2D eigenvalue weighted by Gasteiger charge is -2.34. The molecular weight excluding hydrogens is 388 g/mol. The zero-order valence-electron chi connectivity index (χ0n) is 17.2. The fourth-order valence-corrected chi connectivity index (χ4v) is 3.88. The van der Waals surface area contributed by atoms with Crippen LogP contribution in [0.2, 0.25) is 0 Å². The number of carbonyl (C=O) groups is 2. The van der Waals surface area contributed by atoms with Gasteiger partial charge >= 0.3 is 0 Å². The molecule has 0 bridgehead atoms. The molecule has 0 spiro atoms. The molecule has 30 heavy (non-hydrogen) atoms. The van der Waals surface area contributed by atoms with Gasteiger partial charge in [0.25, 0.3) is 11.8 Å². The van der Waals surface area contributed by atoms with Gasteiger partial charge in [-0.25, -0.2) is 13.7 Å². The number of hydrogen-bond donors (Lipinski definition) is 0. The average Bonchev–Trinajstić information content (AvgIpc) is 2.95. The maximum atomic E-state index is 14.5.